The molecule has 6 rings (SSSR count). The normalized spacial score (nSPS) is 17.2. The van der Waals surface area contributed by atoms with E-state index in [1.807, 2.05) is 28.8 Å². The summed E-state index contributed by atoms with van der Waals surface area (Å²) in [5.74, 6) is -4.65. The fourth-order valence-electron chi connectivity index (χ4n) is 7.97. The third kappa shape index (κ3) is 12.4. The quantitative estimate of drug-likeness (QED) is 0.0479. The summed E-state index contributed by atoms with van der Waals surface area (Å²) in [6.07, 6.45) is 4.97. The van der Waals surface area contributed by atoms with E-state index in [1.54, 1.807) is 80.2 Å². The molecular formula is C51H56ClN5O9. The van der Waals surface area contributed by atoms with Crippen LogP contribution in [0.2, 0.25) is 5.02 Å². The largest absolute Gasteiger partial charge is 0.507 e. The second kappa shape index (κ2) is 22.5. The predicted molar refractivity (Wildman–Crippen MR) is 250 cm³/mol. The topological polar surface area (TPSA) is 200 Å². The molecule has 0 saturated heterocycles. The smallest absolute Gasteiger partial charge is 0.329 e. The molecule has 0 aliphatic carbocycles. The van der Waals surface area contributed by atoms with Crippen molar-refractivity contribution in [3.05, 3.63) is 125 Å². The Labute approximate surface area is 389 Å². The Hall–Kier alpha value is -6.64. The molecule has 4 aromatic carbocycles. The fourth-order valence-corrected chi connectivity index (χ4v) is 8.10. The SMILES string of the molecule is CC(=O)[C@H](C)OC(=O)[C@@H]1Cc2ccc(O)c(c2)-c2cc(ccc2OCCn2ccnc2)[C@H](N(C)C(=O)[C@H](CCCCN)CC(=O)c2ccc(-c3ccc(Cl)cc3)cc2)C(=O)C[C@@H](C)C(=O)N1. The number of imidazole rings is 1. The van der Waals surface area contributed by atoms with Gasteiger partial charge < -0.3 is 35.1 Å². The lowest BCUT2D eigenvalue weighted by molar-refractivity contribution is -0.156. The van der Waals surface area contributed by atoms with Crippen LogP contribution in [-0.2, 0) is 41.7 Å². The van der Waals surface area contributed by atoms with Crippen LogP contribution in [0.3, 0.4) is 0 Å². The number of phenols is 1. The fraction of sp³-hybridized carbons (Fsp3) is 0.353. The molecular weight excluding hydrogens is 862 g/mol. The van der Waals surface area contributed by atoms with Gasteiger partial charge in [0.2, 0.25) is 11.8 Å². The molecule has 0 spiro atoms. The summed E-state index contributed by atoms with van der Waals surface area (Å²) in [6, 6.07) is 21.7. The highest BCUT2D eigenvalue weighted by molar-refractivity contribution is 6.30. The molecule has 5 atom stereocenters. The second-order valence-electron chi connectivity index (χ2n) is 16.8. The average molecular weight is 918 g/mol. The van der Waals surface area contributed by atoms with Gasteiger partial charge in [0.25, 0.3) is 0 Å². The molecule has 14 nitrogen and oxygen atoms in total. The van der Waals surface area contributed by atoms with Crippen molar-refractivity contribution in [3.8, 4) is 33.8 Å². The van der Waals surface area contributed by atoms with E-state index in [0.29, 0.717) is 70.9 Å². The number of nitrogens with two attached hydrogens (primary N) is 1. The number of benzene rings is 4. The lowest BCUT2D eigenvalue weighted by Gasteiger charge is -2.32. The van der Waals surface area contributed by atoms with E-state index < -0.39 is 53.6 Å². The molecule has 0 saturated carbocycles. The molecule has 1 aliphatic heterocycles. The number of unbranched alkanes of at least 4 members (excludes halogenated alkanes) is 1. The number of hydrogen-bond acceptors (Lipinski definition) is 11. The lowest BCUT2D eigenvalue weighted by atomic mass is 9.88. The Morgan fingerprint density at radius 1 is 0.955 bits per heavy atom. The number of aromatic nitrogens is 2. The Balaban J connectivity index is 1.38. The van der Waals surface area contributed by atoms with Crippen LogP contribution in [0.4, 0.5) is 0 Å². The third-order valence-corrected chi connectivity index (χ3v) is 12.2. The van der Waals surface area contributed by atoms with Gasteiger partial charge in [0.05, 0.1) is 12.9 Å². The van der Waals surface area contributed by atoms with Crippen molar-refractivity contribution in [3.63, 3.8) is 0 Å². The molecule has 4 bridgehead atoms. The molecule has 2 heterocycles. The first-order valence-electron chi connectivity index (χ1n) is 22.1. The molecule has 1 aromatic heterocycles. The number of esters is 1. The van der Waals surface area contributed by atoms with E-state index in [0.717, 1.165) is 11.1 Å². The number of ether oxygens (including phenoxy) is 2. The van der Waals surface area contributed by atoms with Crippen molar-refractivity contribution < 1.29 is 43.3 Å². The van der Waals surface area contributed by atoms with Crippen molar-refractivity contribution in [2.75, 3.05) is 20.2 Å². The minimum Gasteiger partial charge on any atom is -0.507 e. The molecule has 4 N–H and O–H groups in total. The first kappa shape index (κ1) is 48.8. The van der Waals surface area contributed by atoms with Gasteiger partial charge in [-0.2, -0.15) is 0 Å². The van der Waals surface area contributed by atoms with Gasteiger partial charge in [0.1, 0.15) is 30.2 Å². The van der Waals surface area contributed by atoms with Crippen LogP contribution in [0.1, 0.15) is 80.4 Å². The van der Waals surface area contributed by atoms with E-state index in [2.05, 4.69) is 10.3 Å². The zero-order valence-electron chi connectivity index (χ0n) is 37.6. The standard InChI is InChI=1S/C51H56ClN5O9/c1-31-25-46(61)48(56(4)50(63)39(7-5-6-20-53)29-45(60)37-11-9-35(10-12-37)36-13-16-40(52)17-14-36)38-15-19-47(65-24-23-57-22-21-54-30-57)42(28-38)41-26-34(8-18-44(41)59)27-43(55-49(31)62)51(64)66-33(3)32(2)58/h8-19,21-22,26,28,30-31,33,39,43,48,59H,5-7,20,23-25,27,29,53H2,1-4H3,(H,55,62)/t31-,33+,39-,43+,48+/m1/s1. The van der Waals surface area contributed by atoms with E-state index in [-0.39, 0.29) is 43.2 Å². The Kier molecular flexibility index (Phi) is 16.6. The first-order valence-corrected chi connectivity index (χ1v) is 22.5. The zero-order chi connectivity index (χ0) is 47.5. The van der Waals surface area contributed by atoms with Crippen molar-refractivity contribution in [2.45, 2.75) is 84.0 Å². The van der Waals surface area contributed by atoms with Gasteiger partial charge in [-0.25, -0.2) is 9.78 Å². The van der Waals surface area contributed by atoms with Crippen LogP contribution in [0.25, 0.3) is 22.3 Å². The molecule has 0 radical (unpaired) electrons. The summed E-state index contributed by atoms with van der Waals surface area (Å²) in [6.45, 7) is 5.31. The van der Waals surface area contributed by atoms with Gasteiger partial charge in [-0.1, -0.05) is 73.5 Å². The highest BCUT2D eigenvalue weighted by Crippen LogP contribution is 2.40. The lowest BCUT2D eigenvalue weighted by Crippen LogP contribution is -2.47. The number of likely N-dealkylation sites (N-methyl/N-ethyl adjacent to an activating group) is 1. The second-order valence-corrected chi connectivity index (χ2v) is 17.3. The summed E-state index contributed by atoms with van der Waals surface area (Å²) < 4.78 is 13.6. The van der Waals surface area contributed by atoms with Crippen molar-refractivity contribution in [1.82, 2.24) is 19.8 Å². The van der Waals surface area contributed by atoms with E-state index in [1.165, 1.54) is 31.9 Å². The Morgan fingerprint density at radius 2 is 1.67 bits per heavy atom. The van der Waals surface area contributed by atoms with Gasteiger partial charge in [-0.3, -0.25) is 24.0 Å². The van der Waals surface area contributed by atoms with Crippen LogP contribution >= 0.6 is 11.6 Å². The molecule has 0 fully saturated rings. The summed E-state index contributed by atoms with van der Waals surface area (Å²) in [7, 11) is 1.51. The van der Waals surface area contributed by atoms with Gasteiger partial charge in [0.15, 0.2) is 23.5 Å². The van der Waals surface area contributed by atoms with Crippen molar-refractivity contribution in [1.29, 1.82) is 0 Å². The number of fused-ring (bicyclic) bond motifs is 5. The molecule has 0 unspecified atom stereocenters. The maximum atomic E-state index is 14.9. The van der Waals surface area contributed by atoms with Gasteiger partial charge in [-0.05, 0) is 91.9 Å². The first-order chi connectivity index (χ1) is 31.6. The number of rotatable bonds is 17. The zero-order valence-corrected chi connectivity index (χ0v) is 38.3. The van der Waals surface area contributed by atoms with E-state index in [9.17, 15) is 33.9 Å². The van der Waals surface area contributed by atoms with Crippen LogP contribution in [-0.4, -0.2) is 87.0 Å². The number of carbonyl (C=O) groups excluding carboxylic acids is 6. The molecule has 1 aliphatic rings. The maximum absolute atomic E-state index is 14.9. The number of phenolic OH excluding ortho intramolecular Hbond substituents is 1. The molecule has 346 valence electrons. The number of carbonyl (C=O) groups is 6. The maximum Gasteiger partial charge on any atom is 0.329 e. The number of halogens is 1. The molecule has 5 aromatic rings. The molecule has 66 heavy (non-hydrogen) atoms. The predicted octanol–water partition coefficient (Wildman–Crippen LogP) is 7.33. The van der Waals surface area contributed by atoms with Crippen LogP contribution in [0.5, 0.6) is 11.5 Å². The number of aromatic hydroxyl groups is 1. The van der Waals surface area contributed by atoms with E-state index >= 15 is 0 Å². The summed E-state index contributed by atoms with van der Waals surface area (Å²) in [5.41, 5.74) is 9.69. The van der Waals surface area contributed by atoms with Gasteiger partial charge in [0, 0.05) is 72.3 Å². The number of amides is 2. The van der Waals surface area contributed by atoms with Crippen LogP contribution in [0.15, 0.2) is 104 Å². The van der Waals surface area contributed by atoms with Crippen molar-refractivity contribution >= 4 is 46.7 Å². The summed E-state index contributed by atoms with van der Waals surface area (Å²) in [5, 5.41) is 14.8. The molecule has 2 amide bonds. The number of ketones is 3. The van der Waals surface area contributed by atoms with Crippen LogP contribution in [0, 0.1) is 11.8 Å². The van der Waals surface area contributed by atoms with Crippen molar-refractivity contribution in [2.24, 2.45) is 17.6 Å². The van der Waals surface area contributed by atoms with Gasteiger partial charge >= 0.3 is 5.97 Å². The molecule has 15 heteroatoms. The average Bonchev–Trinajstić information content (AvgIpc) is 3.83. The number of hydrogen-bond donors (Lipinski definition) is 3. The minimum absolute atomic E-state index is 0.0731. The monoisotopic (exact) mass is 917 g/mol. The number of Topliss-reactive ketones (excluding diaryl/α,β-unsaturated/α-hetero) is 3. The number of nitrogens with zero attached hydrogens (tertiary/aromatic N) is 3. The Bertz CT molecular complexity index is 2530. The highest BCUT2D eigenvalue weighted by atomic mass is 35.5. The van der Waals surface area contributed by atoms with Crippen LogP contribution < -0.4 is 15.8 Å². The van der Waals surface area contributed by atoms with Gasteiger partial charge in [-0.15, -0.1) is 0 Å². The minimum atomic E-state index is -1.27. The summed E-state index contributed by atoms with van der Waals surface area (Å²) >= 11 is 6.08. The van der Waals surface area contributed by atoms with E-state index in [4.69, 9.17) is 26.8 Å². The summed E-state index contributed by atoms with van der Waals surface area (Å²) in [4.78, 5) is 88.5. The third-order valence-electron chi connectivity index (χ3n) is 11.9. The number of nitrogens with one attached hydrogen (secondary N) is 1. The Morgan fingerprint density at radius 3 is 2.33 bits per heavy atom. The highest BCUT2D eigenvalue weighted by Gasteiger charge is 2.36.